The van der Waals surface area contributed by atoms with Gasteiger partial charge in [-0.15, -0.1) is 0 Å². The first-order valence-electron chi connectivity index (χ1n) is 8.77. The Morgan fingerprint density at radius 2 is 1.75 bits per heavy atom. The highest BCUT2D eigenvalue weighted by atomic mass is 19.4. The number of hydrogen-bond acceptors (Lipinski definition) is 4. The molecule has 1 aromatic heterocycles. The Hall–Kier alpha value is -1.81. The number of aromatic nitrogens is 1. The normalized spacial score (nSPS) is 20.4. The van der Waals surface area contributed by atoms with E-state index in [1.165, 1.54) is 13.0 Å². The van der Waals surface area contributed by atoms with Crippen LogP contribution in [0.1, 0.15) is 32.3 Å². The molecule has 2 heterocycles. The minimum Gasteiger partial charge on any atom is -0.373 e. The summed E-state index contributed by atoms with van der Waals surface area (Å²) in [6, 6.07) is 2.31. The van der Waals surface area contributed by atoms with Gasteiger partial charge in [-0.05, 0) is 38.8 Å². The van der Waals surface area contributed by atoms with Crippen LogP contribution in [0.5, 0.6) is 0 Å². The largest absolute Gasteiger partial charge is 0.417 e. The Balaban J connectivity index is 1.89. The number of ether oxygens (including phenoxy) is 1. The molecule has 0 spiro atoms. The predicted molar refractivity (Wildman–Crippen MR) is 92.8 cm³/mol. The molecule has 1 aliphatic heterocycles. The van der Waals surface area contributed by atoms with Crippen LogP contribution in [-0.2, 0) is 10.9 Å². The third-order valence-corrected chi connectivity index (χ3v) is 4.75. The maximum absolute atomic E-state index is 12.6. The quantitative estimate of drug-likeness (QED) is 0.580. The molecule has 1 aliphatic rings. The molecule has 0 aromatic carbocycles. The van der Waals surface area contributed by atoms with Gasteiger partial charge in [-0.25, -0.2) is 4.98 Å². The molecule has 2 rings (SSSR count). The van der Waals surface area contributed by atoms with Crippen LogP contribution in [0.15, 0.2) is 30.5 Å². The smallest absolute Gasteiger partial charge is 0.373 e. The van der Waals surface area contributed by atoms with Gasteiger partial charge in [0, 0.05) is 25.4 Å². The van der Waals surface area contributed by atoms with Crippen molar-refractivity contribution < 1.29 is 31.1 Å². The van der Waals surface area contributed by atoms with E-state index in [1.807, 2.05) is 4.90 Å². The number of alkyl halides is 6. The zero-order valence-corrected chi connectivity index (χ0v) is 15.5. The highest BCUT2D eigenvalue weighted by Gasteiger charge is 2.33. The Bertz CT molecular complexity index is 661. The van der Waals surface area contributed by atoms with Crippen LogP contribution in [0.4, 0.5) is 32.2 Å². The van der Waals surface area contributed by atoms with E-state index in [9.17, 15) is 26.3 Å². The Morgan fingerprint density at radius 3 is 2.21 bits per heavy atom. The van der Waals surface area contributed by atoms with Crippen molar-refractivity contribution in [2.45, 2.75) is 56.8 Å². The molecule has 0 bridgehead atoms. The minimum absolute atomic E-state index is 0.103. The lowest BCUT2D eigenvalue weighted by Crippen LogP contribution is -2.49. The first-order valence-corrected chi connectivity index (χ1v) is 8.77. The molecule has 28 heavy (non-hydrogen) atoms. The number of halogens is 6. The molecule has 2 atom stereocenters. The number of anilines is 1. The summed E-state index contributed by atoms with van der Waals surface area (Å²) in [5, 5.41) is 0. The van der Waals surface area contributed by atoms with Gasteiger partial charge in [-0.2, -0.15) is 26.3 Å². The second-order valence-electron chi connectivity index (χ2n) is 7.11. The van der Waals surface area contributed by atoms with Crippen LogP contribution in [0.3, 0.4) is 0 Å². The molecule has 10 heteroatoms. The van der Waals surface area contributed by atoms with Crippen molar-refractivity contribution in [1.29, 1.82) is 0 Å². The van der Waals surface area contributed by atoms with Crippen molar-refractivity contribution in [2.75, 3.05) is 18.0 Å². The van der Waals surface area contributed by atoms with Crippen molar-refractivity contribution in [3.05, 3.63) is 36.0 Å². The second-order valence-corrected chi connectivity index (χ2v) is 7.11. The summed E-state index contributed by atoms with van der Waals surface area (Å²) in [7, 11) is 0. The molecule has 1 aromatic rings. The second kappa shape index (κ2) is 8.28. The molecule has 0 saturated carbocycles. The fourth-order valence-corrected chi connectivity index (χ4v) is 2.81. The summed E-state index contributed by atoms with van der Waals surface area (Å²) in [5.41, 5.74) is 3.83. The summed E-state index contributed by atoms with van der Waals surface area (Å²) < 4.78 is 80.7. The van der Waals surface area contributed by atoms with E-state index in [4.69, 9.17) is 10.5 Å². The first kappa shape index (κ1) is 22.5. The summed E-state index contributed by atoms with van der Waals surface area (Å²) in [6.45, 7) is 4.09. The number of pyridine rings is 1. The lowest BCUT2D eigenvalue weighted by molar-refractivity contribution is -0.137. The predicted octanol–water partition coefficient (Wildman–Crippen LogP) is 4.31. The van der Waals surface area contributed by atoms with Crippen molar-refractivity contribution in [3.8, 4) is 0 Å². The molecule has 4 nitrogen and oxygen atoms in total. The molecular weight excluding hydrogens is 388 g/mol. The van der Waals surface area contributed by atoms with E-state index in [-0.39, 0.29) is 12.2 Å². The SMILES string of the molecule is CC(OC1CCN(c2ccc(C(F)(F)F)cn2)CC1)C(C)(N)/C=C/C(F)(F)F. The Labute approximate surface area is 159 Å². The average molecular weight is 411 g/mol. The van der Waals surface area contributed by atoms with Gasteiger partial charge < -0.3 is 15.4 Å². The standard InChI is InChI=1S/C18H23F6N3O/c1-12(16(2,25)7-8-17(19,20)21)28-14-5-9-27(10-6-14)15-4-3-13(11-26-15)18(22,23)24/h3-4,7-8,11-12,14H,5-6,9-10,25H2,1-2H3/b8-7+. The van der Waals surface area contributed by atoms with Crippen molar-refractivity contribution in [2.24, 2.45) is 5.73 Å². The molecule has 0 radical (unpaired) electrons. The maximum atomic E-state index is 12.6. The van der Waals surface area contributed by atoms with Gasteiger partial charge in [-0.3, -0.25) is 0 Å². The summed E-state index contributed by atoms with van der Waals surface area (Å²) >= 11 is 0. The molecule has 0 amide bonds. The minimum atomic E-state index is -4.44. The van der Waals surface area contributed by atoms with E-state index in [2.05, 4.69) is 4.98 Å². The zero-order valence-electron chi connectivity index (χ0n) is 15.5. The number of allylic oxidation sites excluding steroid dienone is 1. The van der Waals surface area contributed by atoms with E-state index in [1.54, 1.807) is 6.92 Å². The number of hydrogen-bond donors (Lipinski definition) is 1. The highest BCUT2D eigenvalue weighted by molar-refractivity contribution is 5.40. The van der Waals surface area contributed by atoms with Crippen LogP contribution in [-0.4, -0.2) is 42.0 Å². The zero-order chi connectivity index (χ0) is 21.2. The van der Waals surface area contributed by atoms with Gasteiger partial charge in [0.15, 0.2) is 0 Å². The molecule has 1 saturated heterocycles. The van der Waals surface area contributed by atoms with Gasteiger partial charge in [0.05, 0.1) is 23.3 Å². The van der Waals surface area contributed by atoms with Crippen LogP contribution in [0.2, 0.25) is 0 Å². The maximum Gasteiger partial charge on any atom is 0.417 e. The fourth-order valence-electron chi connectivity index (χ4n) is 2.81. The Morgan fingerprint density at radius 1 is 1.14 bits per heavy atom. The van der Waals surface area contributed by atoms with Crippen molar-refractivity contribution in [3.63, 3.8) is 0 Å². The number of nitrogens with two attached hydrogens (primary N) is 1. The summed E-state index contributed by atoms with van der Waals surface area (Å²) in [4.78, 5) is 5.71. The van der Waals surface area contributed by atoms with E-state index >= 15 is 0 Å². The lowest BCUT2D eigenvalue weighted by atomic mass is 9.95. The summed E-state index contributed by atoms with van der Waals surface area (Å²) in [5.74, 6) is 0.441. The highest BCUT2D eigenvalue weighted by Crippen LogP contribution is 2.30. The molecular formula is C18H23F6N3O. The van der Waals surface area contributed by atoms with E-state index in [0.717, 1.165) is 18.3 Å². The lowest BCUT2D eigenvalue weighted by Gasteiger charge is -2.37. The third kappa shape index (κ3) is 6.37. The topological polar surface area (TPSA) is 51.4 Å². The van der Waals surface area contributed by atoms with Crippen LogP contribution in [0, 0.1) is 0 Å². The average Bonchev–Trinajstić information content (AvgIpc) is 2.59. The van der Waals surface area contributed by atoms with Gasteiger partial charge in [0.25, 0.3) is 0 Å². The van der Waals surface area contributed by atoms with Gasteiger partial charge in [0.2, 0.25) is 0 Å². The van der Waals surface area contributed by atoms with Gasteiger partial charge in [-0.1, -0.05) is 6.08 Å². The Kier molecular flexibility index (Phi) is 6.65. The van der Waals surface area contributed by atoms with Crippen LogP contribution in [0.25, 0.3) is 0 Å². The van der Waals surface area contributed by atoms with Gasteiger partial charge >= 0.3 is 12.4 Å². The number of nitrogens with zero attached hydrogens (tertiary/aromatic N) is 2. The first-order chi connectivity index (χ1) is 12.8. The molecule has 2 N–H and O–H groups in total. The third-order valence-electron chi connectivity index (χ3n) is 4.75. The molecule has 0 aliphatic carbocycles. The van der Waals surface area contributed by atoms with E-state index in [0.29, 0.717) is 31.7 Å². The van der Waals surface area contributed by atoms with Gasteiger partial charge in [0.1, 0.15) is 5.82 Å². The number of rotatable bonds is 5. The molecule has 2 unspecified atom stereocenters. The molecule has 1 fully saturated rings. The van der Waals surface area contributed by atoms with Crippen molar-refractivity contribution >= 4 is 5.82 Å². The molecule has 158 valence electrons. The monoisotopic (exact) mass is 411 g/mol. The van der Waals surface area contributed by atoms with Crippen LogP contribution >= 0.6 is 0 Å². The summed E-state index contributed by atoms with van der Waals surface area (Å²) in [6.07, 6.45) is -6.82. The fraction of sp³-hybridized carbons (Fsp3) is 0.611. The number of piperidine rings is 1. The van der Waals surface area contributed by atoms with Crippen molar-refractivity contribution in [1.82, 2.24) is 4.98 Å². The van der Waals surface area contributed by atoms with E-state index < -0.39 is 29.6 Å². The van der Waals surface area contributed by atoms with Crippen LogP contribution < -0.4 is 10.6 Å².